The maximum absolute atomic E-state index is 11.1. The summed E-state index contributed by atoms with van der Waals surface area (Å²) in [5, 5.41) is 17.4. The molecule has 0 bridgehead atoms. The van der Waals surface area contributed by atoms with E-state index in [4.69, 9.17) is 14.6 Å². The van der Waals surface area contributed by atoms with Crippen LogP contribution in [0.1, 0.15) is 90.0 Å². The first-order valence-corrected chi connectivity index (χ1v) is 14.2. The lowest BCUT2D eigenvalue weighted by atomic mass is 9.57. The molecule has 4 fully saturated rings. The fraction of sp³-hybridized carbons (Fsp3) is 0.516. The summed E-state index contributed by atoms with van der Waals surface area (Å²) in [6.07, 6.45) is 8.22. The van der Waals surface area contributed by atoms with E-state index in [2.05, 4.69) is 45.7 Å². The van der Waals surface area contributed by atoms with Gasteiger partial charge in [-0.2, -0.15) is 4.98 Å². The highest BCUT2D eigenvalue weighted by molar-refractivity contribution is 5.87. The average molecular weight is 513 g/mol. The Morgan fingerprint density at radius 2 is 1.76 bits per heavy atom. The first kappa shape index (κ1) is 24.0. The van der Waals surface area contributed by atoms with E-state index < -0.39 is 5.97 Å². The third-order valence-corrected chi connectivity index (χ3v) is 9.72. The molecule has 1 aromatic heterocycles. The second kappa shape index (κ2) is 9.31. The zero-order valence-electron chi connectivity index (χ0n) is 21.8. The first-order chi connectivity index (χ1) is 18.5. The molecule has 7 rings (SSSR count). The van der Waals surface area contributed by atoms with Crippen LogP contribution in [-0.4, -0.2) is 51.8 Å². The van der Waals surface area contributed by atoms with Crippen LogP contribution in [-0.2, 0) is 12.0 Å². The number of hydrogen-bond acceptors (Lipinski definition) is 6. The van der Waals surface area contributed by atoms with Crippen LogP contribution in [0.25, 0.3) is 0 Å². The normalized spacial score (nSPS) is 25.7. The van der Waals surface area contributed by atoms with Gasteiger partial charge in [-0.3, -0.25) is 4.90 Å². The molecule has 7 nitrogen and oxygen atoms in total. The molecule has 0 radical (unpaired) electrons. The van der Waals surface area contributed by atoms with Gasteiger partial charge in [-0.25, -0.2) is 4.79 Å². The number of benzene rings is 2. The van der Waals surface area contributed by atoms with Crippen LogP contribution in [0.5, 0.6) is 0 Å². The van der Waals surface area contributed by atoms with Crippen molar-refractivity contribution in [3.05, 3.63) is 83.0 Å². The summed E-state index contributed by atoms with van der Waals surface area (Å²) >= 11 is 0. The minimum Gasteiger partial charge on any atom is -0.478 e. The van der Waals surface area contributed by atoms with Crippen molar-refractivity contribution >= 4 is 5.97 Å². The molecule has 198 valence electrons. The zero-order valence-corrected chi connectivity index (χ0v) is 21.8. The topological polar surface area (TPSA) is 91.5 Å². The Balaban J connectivity index is 0.883. The van der Waals surface area contributed by atoms with E-state index in [0.29, 0.717) is 28.9 Å². The Labute approximate surface area is 223 Å². The fourth-order valence-electron chi connectivity index (χ4n) is 6.83. The molecule has 7 heteroatoms. The van der Waals surface area contributed by atoms with Crippen molar-refractivity contribution in [3.8, 4) is 0 Å². The molecule has 2 aromatic carbocycles. The molecule has 0 amide bonds. The van der Waals surface area contributed by atoms with E-state index in [1.807, 2.05) is 12.1 Å². The van der Waals surface area contributed by atoms with Gasteiger partial charge in [-0.05, 0) is 86.7 Å². The van der Waals surface area contributed by atoms with Gasteiger partial charge in [0, 0.05) is 36.4 Å². The summed E-state index contributed by atoms with van der Waals surface area (Å²) in [5.41, 5.74) is 3.45. The summed E-state index contributed by atoms with van der Waals surface area (Å²) in [5.74, 6) is 1.94. The minimum absolute atomic E-state index is 0.0705. The van der Waals surface area contributed by atoms with Gasteiger partial charge in [0.05, 0.1) is 5.56 Å². The van der Waals surface area contributed by atoms with Crippen molar-refractivity contribution in [2.45, 2.75) is 74.8 Å². The number of likely N-dealkylation sites (tertiary alicyclic amines) is 1. The molecule has 1 saturated heterocycles. The molecule has 2 atom stereocenters. The molecule has 3 aliphatic carbocycles. The minimum atomic E-state index is -0.872. The van der Waals surface area contributed by atoms with Crippen molar-refractivity contribution in [2.24, 2.45) is 5.41 Å². The number of nitrogens with zero attached hydrogens (tertiary/aromatic N) is 3. The van der Waals surface area contributed by atoms with E-state index in [-0.39, 0.29) is 5.41 Å². The van der Waals surface area contributed by atoms with Crippen molar-refractivity contribution in [3.63, 3.8) is 0 Å². The fourth-order valence-corrected chi connectivity index (χ4v) is 6.83. The summed E-state index contributed by atoms with van der Waals surface area (Å²) in [7, 11) is 0. The summed E-state index contributed by atoms with van der Waals surface area (Å²) in [6, 6.07) is 18.7. The van der Waals surface area contributed by atoms with Gasteiger partial charge in [0.15, 0.2) is 5.82 Å². The van der Waals surface area contributed by atoms with Crippen LogP contribution in [0.2, 0.25) is 0 Å². The van der Waals surface area contributed by atoms with Gasteiger partial charge in [0.25, 0.3) is 0 Å². The van der Waals surface area contributed by atoms with Crippen LogP contribution < -0.4 is 5.32 Å². The predicted octanol–water partition coefficient (Wildman–Crippen LogP) is 5.10. The summed E-state index contributed by atoms with van der Waals surface area (Å²) in [6.45, 7) is 4.00. The summed E-state index contributed by atoms with van der Waals surface area (Å²) < 4.78 is 5.83. The van der Waals surface area contributed by atoms with E-state index >= 15 is 0 Å². The second-order valence-corrected chi connectivity index (χ2v) is 12.4. The molecule has 3 saturated carbocycles. The Morgan fingerprint density at radius 1 is 1.03 bits per heavy atom. The smallest absolute Gasteiger partial charge is 0.335 e. The Hall–Kier alpha value is -3.03. The van der Waals surface area contributed by atoms with E-state index in [9.17, 15) is 4.79 Å². The van der Waals surface area contributed by atoms with Gasteiger partial charge in [0.1, 0.15) is 0 Å². The highest BCUT2D eigenvalue weighted by Crippen LogP contribution is 2.57. The third kappa shape index (κ3) is 4.67. The Bertz CT molecular complexity index is 1280. The van der Waals surface area contributed by atoms with E-state index in [0.717, 1.165) is 63.6 Å². The van der Waals surface area contributed by atoms with Crippen molar-refractivity contribution < 1.29 is 14.4 Å². The number of piperidine rings is 1. The van der Waals surface area contributed by atoms with Crippen LogP contribution in [0.3, 0.4) is 0 Å². The monoisotopic (exact) mass is 512 g/mol. The number of carboxylic acids is 1. The second-order valence-electron chi connectivity index (χ2n) is 12.4. The van der Waals surface area contributed by atoms with Gasteiger partial charge in [-0.1, -0.05) is 47.6 Å². The lowest BCUT2D eigenvalue weighted by Gasteiger charge is -2.51. The quantitative estimate of drug-likeness (QED) is 0.412. The number of rotatable bonds is 9. The number of carboxylic acid groups (broad SMARTS) is 1. The van der Waals surface area contributed by atoms with Gasteiger partial charge >= 0.3 is 5.97 Å². The highest BCUT2D eigenvalue weighted by atomic mass is 16.5. The average Bonchev–Trinajstić information content (AvgIpc) is 3.84. The Kier molecular flexibility index (Phi) is 5.89. The molecular formula is C31H36N4O3. The number of hydrogen-bond donors (Lipinski definition) is 2. The molecule has 38 heavy (non-hydrogen) atoms. The molecule has 2 N–H and O–H groups in total. The van der Waals surface area contributed by atoms with Gasteiger partial charge < -0.3 is 14.9 Å². The first-order valence-electron chi connectivity index (χ1n) is 14.2. The van der Waals surface area contributed by atoms with Gasteiger partial charge in [-0.15, -0.1) is 0 Å². The predicted molar refractivity (Wildman–Crippen MR) is 143 cm³/mol. The molecule has 2 unspecified atom stereocenters. The van der Waals surface area contributed by atoms with Crippen molar-refractivity contribution in [1.29, 1.82) is 0 Å². The number of carbonyl (C=O) groups is 1. The number of aromatic nitrogens is 2. The maximum atomic E-state index is 11.1. The van der Waals surface area contributed by atoms with Crippen LogP contribution in [0.4, 0.5) is 0 Å². The maximum Gasteiger partial charge on any atom is 0.335 e. The number of aromatic carboxylic acids is 1. The van der Waals surface area contributed by atoms with Crippen LogP contribution >= 0.6 is 0 Å². The lowest BCUT2D eigenvalue weighted by molar-refractivity contribution is 0.00406. The van der Waals surface area contributed by atoms with Crippen molar-refractivity contribution in [1.82, 2.24) is 20.4 Å². The molecule has 1 spiro atoms. The van der Waals surface area contributed by atoms with Crippen molar-refractivity contribution in [2.75, 3.05) is 19.6 Å². The Morgan fingerprint density at radius 3 is 2.45 bits per heavy atom. The number of nitrogens with one attached hydrogen (secondary N) is 1. The standard InChI is InChI=1S/C31H36N4O3/c36-28(37)23-8-6-21(7-9-23)19-35-14-12-30(13-15-35)17-24(18-30)27-33-29(34-38-27)31(10-11-31)20-32-26-16-25(26)22-4-2-1-3-5-22/h1-9,24-26,32H,10-20H2,(H,36,37). The van der Waals surface area contributed by atoms with Crippen LogP contribution in [0.15, 0.2) is 59.1 Å². The molecule has 3 aromatic rings. The van der Waals surface area contributed by atoms with E-state index in [1.54, 1.807) is 12.1 Å². The largest absolute Gasteiger partial charge is 0.478 e. The van der Waals surface area contributed by atoms with Gasteiger partial charge in [0.2, 0.25) is 5.89 Å². The summed E-state index contributed by atoms with van der Waals surface area (Å²) in [4.78, 5) is 18.5. The lowest BCUT2D eigenvalue weighted by Crippen LogP contribution is -2.46. The third-order valence-electron chi connectivity index (χ3n) is 9.72. The van der Waals surface area contributed by atoms with Crippen LogP contribution in [0, 0.1) is 5.41 Å². The zero-order chi connectivity index (χ0) is 25.7. The molecular weight excluding hydrogens is 476 g/mol. The molecule has 1 aliphatic heterocycles. The highest BCUT2D eigenvalue weighted by Gasteiger charge is 2.52. The molecule has 4 aliphatic rings. The SMILES string of the molecule is O=C(O)c1ccc(CN2CCC3(CC2)CC(c2nc(C4(CNC5CC5c5ccccc5)CC4)no2)C3)cc1. The molecule has 2 heterocycles. The van der Waals surface area contributed by atoms with E-state index in [1.165, 1.54) is 30.4 Å².